The van der Waals surface area contributed by atoms with E-state index in [1.807, 2.05) is 25.7 Å². The molecule has 1 aliphatic heterocycles. The normalized spacial score (nSPS) is 26.6. The molecule has 0 radical (unpaired) electrons. The fraction of sp³-hybridized carbons (Fsp3) is 0.632. The molecule has 1 saturated carbocycles. The molecule has 3 rings (SSSR count). The monoisotopic (exact) mass is 316 g/mol. The molecule has 1 aliphatic carbocycles. The highest BCUT2D eigenvalue weighted by atomic mass is 16.6. The van der Waals surface area contributed by atoms with Gasteiger partial charge >= 0.3 is 6.09 Å². The number of rotatable bonds is 3. The summed E-state index contributed by atoms with van der Waals surface area (Å²) in [5.74, 6) is 0.614. The summed E-state index contributed by atoms with van der Waals surface area (Å²) in [5, 5.41) is 3.65. The van der Waals surface area contributed by atoms with Gasteiger partial charge in [-0.25, -0.2) is 4.79 Å². The zero-order chi connectivity index (χ0) is 16.6. The molecule has 126 valence electrons. The zero-order valence-corrected chi connectivity index (χ0v) is 14.6. The number of ether oxygens (including phenoxy) is 1. The van der Waals surface area contributed by atoms with Crippen LogP contribution >= 0.6 is 0 Å². The molecule has 1 aromatic rings. The van der Waals surface area contributed by atoms with Gasteiger partial charge in [0.25, 0.3) is 0 Å². The number of carbonyl (C=O) groups excluding carboxylic acids is 1. The van der Waals surface area contributed by atoms with Crippen molar-refractivity contribution < 1.29 is 9.53 Å². The van der Waals surface area contributed by atoms with Gasteiger partial charge < -0.3 is 15.0 Å². The maximum Gasteiger partial charge on any atom is 0.410 e. The molecule has 0 spiro atoms. The maximum absolute atomic E-state index is 12.4. The minimum absolute atomic E-state index is 0.160. The van der Waals surface area contributed by atoms with Crippen molar-refractivity contribution in [1.29, 1.82) is 0 Å². The summed E-state index contributed by atoms with van der Waals surface area (Å²) in [6.45, 7) is 9.58. The van der Waals surface area contributed by atoms with Crippen molar-refractivity contribution in [2.24, 2.45) is 5.92 Å². The van der Waals surface area contributed by atoms with Crippen LogP contribution in [-0.2, 0) is 11.3 Å². The van der Waals surface area contributed by atoms with Gasteiger partial charge in [-0.15, -0.1) is 0 Å². The van der Waals surface area contributed by atoms with Crippen molar-refractivity contribution in [3.8, 4) is 0 Å². The summed E-state index contributed by atoms with van der Waals surface area (Å²) in [5.41, 5.74) is 2.15. The molecule has 2 fully saturated rings. The lowest BCUT2D eigenvalue weighted by Gasteiger charge is -2.35. The van der Waals surface area contributed by atoms with Gasteiger partial charge in [0.1, 0.15) is 5.60 Å². The molecule has 1 saturated heterocycles. The third-order valence-corrected chi connectivity index (χ3v) is 4.80. The number of fused-ring (bicyclic) bond motifs is 2. The van der Waals surface area contributed by atoms with E-state index < -0.39 is 5.60 Å². The van der Waals surface area contributed by atoms with E-state index in [0.29, 0.717) is 12.0 Å². The first-order chi connectivity index (χ1) is 10.8. The van der Waals surface area contributed by atoms with E-state index >= 15 is 0 Å². The summed E-state index contributed by atoms with van der Waals surface area (Å²) < 4.78 is 5.56. The number of piperidine rings is 1. The Morgan fingerprint density at radius 1 is 1.26 bits per heavy atom. The number of benzene rings is 1. The predicted molar refractivity (Wildman–Crippen MR) is 91.3 cm³/mol. The molecule has 4 heteroatoms. The smallest absolute Gasteiger partial charge is 0.410 e. The van der Waals surface area contributed by atoms with E-state index in [9.17, 15) is 4.79 Å². The quantitative estimate of drug-likeness (QED) is 0.928. The van der Waals surface area contributed by atoms with Gasteiger partial charge in [0.2, 0.25) is 0 Å². The second-order valence-electron chi connectivity index (χ2n) is 8.01. The summed E-state index contributed by atoms with van der Waals surface area (Å²) in [7, 11) is 0. The molecule has 3 unspecified atom stereocenters. The average Bonchev–Trinajstić information content (AvgIpc) is 3.05. The van der Waals surface area contributed by atoms with E-state index in [1.165, 1.54) is 11.1 Å². The van der Waals surface area contributed by atoms with Gasteiger partial charge in [-0.05, 0) is 52.0 Å². The molecule has 1 aromatic carbocycles. The van der Waals surface area contributed by atoms with Crippen LogP contribution in [0.3, 0.4) is 0 Å². The minimum atomic E-state index is -0.427. The number of aryl methyl sites for hydroxylation is 1. The van der Waals surface area contributed by atoms with Gasteiger partial charge in [0, 0.05) is 19.1 Å². The number of amides is 1. The number of nitrogens with zero attached hydrogens (tertiary/aromatic N) is 1. The largest absolute Gasteiger partial charge is 0.444 e. The molecule has 0 aromatic heterocycles. The van der Waals surface area contributed by atoms with Crippen molar-refractivity contribution in [3.05, 3.63) is 35.4 Å². The van der Waals surface area contributed by atoms with Gasteiger partial charge in [-0.2, -0.15) is 0 Å². The fourth-order valence-corrected chi connectivity index (χ4v) is 3.73. The number of hydrogen-bond acceptors (Lipinski definition) is 3. The molecular weight excluding hydrogens is 288 g/mol. The Balaban J connectivity index is 1.57. The van der Waals surface area contributed by atoms with Crippen molar-refractivity contribution in [3.63, 3.8) is 0 Å². The lowest BCUT2D eigenvalue weighted by atomic mass is 10.1. The molecule has 4 nitrogen and oxygen atoms in total. The molecule has 1 N–H and O–H groups in total. The van der Waals surface area contributed by atoms with Crippen LogP contribution in [0.1, 0.15) is 44.7 Å². The first-order valence-corrected chi connectivity index (χ1v) is 8.60. The van der Waals surface area contributed by atoms with Crippen LogP contribution in [0.2, 0.25) is 0 Å². The summed E-state index contributed by atoms with van der Waals surface area (Å²) in [4.78, 5) is 14.3. The van der Waals surface area contributed by atoms with Crippen molar-refractivity contribution in [1.82, 2.24) is 10.2 Å². The maximum atomic E-state index is 12.4. The van der Waals surface area contributed by atoms with Crippen LogP contribution in [0.25, 0.3) is 0 Å². The summed E-state index contributed by atoms with van der Waals surface area (Å²) in [6.07, 6.45) is 2.10. The second-order valence-corrected chi connectivity index (χ2v) is 8.01. The highest BCUT2D eigenvalue weighted by Crippen LogP contribution is 2.38. The first kappa shape index (κ1) is 16.3. The molecule has 1 heterocycles. The Labute approximate surface area is 139 Å². The second kappa shape index (κ2) is 6.16. The third-order valence-electron chi connectivity index (χ3n) is 4.80. The number of hydrogen-bond donors (Lipinski definition) is 1. The standard InChI is InChI=1S/C19H28N2O2/c1-13-5-7-14(8-6-13)11-20-16-9-15-10-17(16)21(12-15)18(22)23-19(2,3)4/h5-8,15-17,20H,9-12H2,1-4H3. The van der Waals surface area contributed by atoms with E-state index in [-0.39, 0.29) is 12.1 Å². The Bertz CT molecular complexity index is 562. The Morgan fingerprint density at radius 3 is 2.57 bits per heavy atom. The fourth-order valence-electron chi connectivity index (χ4n) is 3.73. The summed E-state index contributed by atoms with van der Waals surface area (Å²) in [6, 6.07) is 9.28. The van der Waals surface area contributed by atoms with Gasteiger partial charge in [-0.1, -0.05) is 29.8 Å². The Kier molecular flexibility index (Phi) is 4.37. The average molecular weight is 316 g/mol. The lowest BCUT2D eigenvalue weighted by molar-refractivity contribution is 0.0157. The SMILES string of the molecule is Cc1ccc(CNC2CC3CC2N(C(=O)OC(C)(C)C)C3)cc1. The minimum Gasteiger partial charge on any atom is -0.444 e. The van der Waals surface area contributed by atoms with Gasteiger partial charge in [-0.3, -0.25) is 0 Å². The Hall–Kier alpha value is -1.55. The zero-order valence-electron chi connectivity index (χ0n) is 14.6. The summed E-state index contributed by atoms with van der Waals surface area (Å²) >= 11 is 0. The Morgan fingerprint density at radius 2 is 1.96 bits per heavy atom. The van der Waals surface area contributed by atoms with Crippen LogP contribution in [0.15, 0.2) is 24.3 Å². The third kappa shape index (κ3) is 3.86. The molecule has 3 atom stereocenters. The molecule has 1 amide bonds. The van der Waals surface area contributed by atoms with E-state index in [2.05, 4.69) is 36.5 Å². The van der Waals surface area contributed by atoms with Gasteiger partial charge in [0.05, 0.1) is 6.04 Å². The molecule has 23 heavy (non-hydrogen) atoms. The highest BCUT2D eigenvalue weighted by molar-refractivity contribution is 5.69. The van der Waals surface area contributed by atoms with Crippen LogP contribution in [-0.4, -0.2) is 35.2 Å². The lowest BCUT2D eigenvalue weighted by Crippen LogP contribution is -2.51. The van der Waals surface area contributed by atoms with Crippen LogP contribution < -0.4 is 5.32 Å². The molecule has 2 bridgehead atoms. The van der Waals surface area contributed by atoms with Crippen molar-refractivity contribution in [2.75, 3.05) is 6.54 Å². The van der Waals surface area contributed by atoms with E-state index in [4.69, 9.17) is 4.74 Å². The predicted octanol–water partition coefficient (Wildman–Crippen LogP) is 3.48. The highest BCUT2D eigenvalue weighted by Gasteiger charge is 2.47. The van der Waals surface area contributed by atoms with E-state index in [1.54, 1.807) is 0 Å². The molecule has 2 aliphatic rings. The van der Waals surface area contributed by atoms with Gasteiger partial charge in [0.15, 0.2) is 0 Å². The van der Waals surface area contributed by atoms with Crippen molar-refractivity contribution in [2.45, 2.75) is 64.8 Å². The molecular formula is C19H28N2O2. The van der Waals surface area contributed by atoms with Crippen LogP contribution in [0.4, 0.5) is 4.79 Å². The first-order valence-electron chi connectivity index (χ1n) is 8.60. The van der Waals surface area contributed by atoms with Crippen LogP contribution in [0.5, 0.6) is 0 Å². The van der Waals surface area contributed by atoms with Crippen molar-refractivity contribution >= 4 is 6.09 Å². The number of carbonyl (C=O) groups is 1. The topological polar surface area (TPSA) is 41.6 Å². The van der Waals surface area contributed by atoms with Crippen LogP contribution in [0, 0.1) is 12.8 Å². The van der Waals surface area contributed by atoms with E-state index in [0.717, 1.165) is 25.9 Å². The number of likely N-dealkylation sites (tertiary alicyclic amines) is 1. The number of nitrogens with one attached hydrogen (secondary N) is 1.